The van der Waals surface area contributed by atoms with E-state index in [0.717, 1.165) is 0 Å². The van der Waals surface area contributed by atoms with Crippen molar-refractivity contribution in [2.45, 2.75) is 90.9 Å². The van der Waals surface area contributed by atoms with E-state index in [9.17, 15) is 14.7 Å². The molecule has 2 aromatic heterocycles. The quantitative estimate of drug-likeness (QED) is 0.491. The summed E-state index contributed by atoms with van der Waals surface area (Å²) in [5.74, 6) is 6.07. The highest BCUT2D eigenvalue weighted by Crippen LogP contribution is 2.36. The van der Waals surface area contributed by atoms with Crippen molar-refractivity contribution in [3.8, 4) is 17.7 Å². The lowest BCUT2D eigenvalue weighted by Gasteiger charge is -2.19. The summed E-state index contributed by atoms with van der Waals surface area (Å²) in [6.45, 7) is 12.5. The molecule has 1 aliphatic rings. The van der Waals surface area contributed by atoms with Gasteiger partial charge >= 0.3 is 12.2 Å². The number of nitrogens with one attached hydrogen (secondary N) is 2. The molecule has 0 bridgehead atoms. The molecule has 1 aliphatic heterocycles. The van der Waals surface area contributed by atoms with Crippen molar-refractivity contribution in [3.05, 3.63) is 11.8 Å². The smallest absolute Gasteiger partial charge is 0.414 e. The Morgan fingerprint density at radius 2 is 1.82 bits per heavy atom. The lowest BCUT2D eigenvalue weighted by atomic mass is 10.1. The Labute approximate surface area is 222 Å². The van der Waals surface area contributed by atoms with Crippen molar-refractivity contribution in [2.24, 2.45) is 0 Å². The van der Waals surface area contributed by atoms with Gasteiger partial charge in [0.2, 0.25) is 11.8 Å². The van der Waals surface area contributed by atoms with Crippen molar-refractivity contribution in [1.82, 2.24) is 19.9 Å². The molecule has 12 heteroatoms. The molecule has 38 heavy (non-hydrogen) atoms. The van der Waals surface area contributed by atoms with Crippen molar-refractivity contribution >= 4 is 29.2 Å². The monoisotopic (exact) mass is 531 g/mol. The largest absolute Gasteiger partial charge is 0.480 e. The summed E-state index contributed by atoms with van der Waals surface area (Å²) in [5, 5.41) is 16.1. The van der Waals surface area contributed by atoms with E-state index >= 15 is 0 Å². The van der Waals surface area contributed by atoms with Crippen molar-refractivity contribution < 1.29 is 33.6 Å². The average Bonchev–Trinajstić information content (AvgIpc) is 3.33. The number of aromatic nitrogens is 3. The number of rotatable bonds is 5. The van der Waals surface area contributed by atoms with Crippen LogP contribution >= 0.6 is 0 Å². The first-order valence-electron chi connectivity index (χ1n) is 12.5. The predicted octanol–water partition coefficient (Wildman–Crippen LogP) is 3.72. The average molecular weight is 532 g/mol. The summed E-state index contributed by atoms with van der Waals surface area (Å²) in [6.07, 6.45) is -0.0707. The van der Waals surface area contributed by atoms with Crippen LogP contribution < -0.4 is 15.4 Å². The number of methoxy groups -OCH3 is 1. The molecular weight excluding hydrogens is 494 g/mol. The Balaban J connectivity index is 1.99. The molecule has 0 aromatic carbocycles. The minimum atomic E-state index is -0.719. The Morgan fingerprint density at radius 3 is 2.39 bits per heavy atom. The van der Waals surface area contributed by atoms with Crippen molar-refractivity contribution in [1.29, 1.82) is 0 Å². The number of aliphatic hydroxyl groups is 1. The van der Waals surface area contributed by atoms with Gasteiger partial charge in [0.25, 0.3) is 0 Å². The van der Waals surface area contributed by atoms with Crippen LogP contribution in [0.25, 0.3) is 11.0 Å². The zero-order valence-electron chi connectivity index (χ0n) is 23.2. The maximum Gasteiger partial charge on any atom is 0.414 e. The maximum atomic E-state index is 12.4. The van der Waals surface area contributed by atoms with Gasteiger partial charge in [0.1, 0.15) is 17.4 Å². The summed E-state index contributed by atoms with van der Waals surface area (Å²) in [4.78, 5) is 33.2. The van der Waals surface area contributed by atoms with Gasteiger partial charge in [-0.25, -0.2) is 9.59 Å². The van der Waals surface area contributed by atoms with Gasteiger partial charge in [0.15, 0.2) is 5.65 Å². The molecule has 208 valence electrons. The fourth-order valence-electron chi connectivity index (χ4n) is 3.85. The Bertz CT molecular complexity index is 1230. The molecule has 2 aromatic rings. The first-order chi connectivity index (χ1) is 17.7. The van der Waals surface area contributed by atoms with E-state index in [1.165, 1.54) is 7.11 Å². The lowest BCUT2D eigenvalue weighted by Crippen LogP contribution is -2.32. The number of hydrogen-bond acceptors (Lipinski definition) is 9. The molecule has 3 N–H and O–H groups in total. The first kappa shape index (κ1) is 29.0. The number of carbonyl (C=O) groups is 2. The van der Waals surface area contributed by atoms with Gasteiger partial charge in [-0.05, 0) is 48.0 Å². The SMILES string of the molecule is CC[C@H]1O[C@@H](n2cc(C#CCNC(=O)OC(C)(C)C)c3c(OC)nc(NC(=O)OC(C)(C)C)nc32)C[C@H]1O. The number of amides is 2. The van der Waals surface area contributed by atoms with Crippen LogP contribution in [0.1, 0.15) is 73.1 Å². The molecule has 0 unspecified atom stereocenters. The number of anilines is 1. The minimum absolute atomic E-state index is 0.0281. The molecule has 2 amide bonds. The van der Waals surface area contributed by atoms with E-state index in [1.54, 1.807) is 52.3 Å². The van der Waals surface area contributed by atoms with Gasteiger partial charge < -0.3 is 33.9 Å². The maximum absolute atomic E-state index is 12.4. The second kappa shape index (κ2) is 11.4. The van der Waals surface area contributed by atoms with E-state index in [0.29, 0.717) is 29.4 Å². The molecular formula is C26H37N5O7. The summed E-state index contributed by atoms with van der Waals surface area (Å²) >= 11 is 0. The van der Waals surface area contributed by atoms with Crippen LogP contribution in [-0.4, -0.2) is 68.9 Å². The van der Waals surface area contributed by atoms with Crippen LogP contribution in [0, 0.1) is 11.8 Å². The third-order valence-corrected chi connectivity index (χ3v) is 5.30. The number of ether oxygens (including phenoxy) is 4. The second-order valence-electron chi connectivity index (χ2n) is 10.8. The third-order valence-electron chi connectivity index (χ3n) is 5.30. The number of fused-ring (bicyclic) bond motifs is 1. The minimum Gasteiger partial charge on any atom is -0.480 e. The van der Waals surface area contributed by atoms with Crippen molar-refractivity contribution in [3.63, 3.8) is 0 Å². The molecule has 0 spiro atoms. The molecule has 1 saturated heterocycles. The van der Waals surface area contributed by atoms with Gasteiger partial charge in [-0.3, -0.25) is 5.32 Å². The van der Waals surface area contributed by atoms with Crippen LogP contribution in [0.15, 0.2) is 6.20 Å². The first-order valence-corrected chi connectivity index (χ1v) is 12.5. The van der Waals surface area contributed by atoms with Gasteiger partial charge in [-0.15, -0.1) is 0 Å². The van der Waals surface area contributed by atoms with Crippen LogP contribution in [0.3, 0.4) is 0 Å². The van der Waals surface area contributed by atoms with E-state index in [1.807, 2.05) is 6.92 Å². The fourth-order valence-corrected chi connectivity index (χ4v) is 3.85. The fraction of sp³-hybridized carbons (Fsp3) is 0.615. The van der Waals surface area contributed by atoms with Gasteiger partial charge in [0, 0.05) is 12.6 Å². The Morgan fingerprint density at radius 1 is 1.16 bits per heavy atom. The van der Waals surface area contributed by atoms with Crippen LogP contribution in [0.5, 0.6) is 5.88 Å². The van der Waals surface area contributed by atoms with Crippen LogP contribution in [-0.2, 0) is 14.2 Å². The zero-order valence-corrected chi connectivity index (χ0v) is 23.2. The standard InChI is InChI=1S/C26H37N5O7/c1-9-17-16(32)13-18(36-17)31-14-15(11-10-12-27-23(33)37-25(2,3)4)19-20(31)28-22(29-21(19)35-8)30-24(34)38-26(5,6)7/h14,16-18,32H,9,12-13H2,1-8H3,(H,27,33)(H,28,29,30,34)/t16-,17-,18-/m1/s1. The van der Waals surface area contributed by atoms with E-state index in [-0.39, 0.29) is 24.5 Å². The molecule has 0 aliphatic carbocycles. The highest BCUT2D eigenvalue weighted by Gasteiger charge is 2.35. The van der Waals surface area contributed by atoms with Crippen LogP contribution in [0.2, 0.25) is 0 Å². The van der Waals surface area contributed by atoms with E-state index in [4.69, 9.17) is 18.9 Å². The summed E-state index contributed by atoms with van der Waals surface area (Å²) in [6, 6.07) is 0. The number of alkyl carbamates (subject to hydrolysis) is 1. The summed E-state index contributed by atoms with van der Waals surface area (Å²) in [5.41, 5.74) is -0.425. The lowest BCUT2D eigenvalue weighted by molar-refractivity contribution is -0.0181. The van der Waals surface area contributed by atoms with Gasteiger partial charge in [-0.2, -0.15) is 9.97 Å². The Hall–Kier alpha value is -3.56. The normalized spacial score (nSPS) is 19.4. The summed E-state index contributed by atoms with van der Waals surface area (Å²) in [7, 11) is 1.45. The van der Waals surface area contributed by atoms with Crippen molar-refractivity contribution in [2.75, 3.05) is 19.0 Å². The number of hydrogen-bond donors (Lipinski definition) is 3. The highest BCUT2D eigenvalue weighted by atomic mass is 16.6. The van der Waals surface area contributed by atoms with Gasteiger partial charge in [-0.1, -0.05) is 18.8 Å². The molecule has 3 atom stereocenters. The second-order valence-corrected chi connectivity index (χ2v) is 10.8. The Kier molecular flexibility index (Phi) is 8.74. The van der Waals surface area contributed by atoms with E-state index in [2.05, 4.69) is 32.4 Å². The highest BCUT2D eigenvalue weighted by molar-refractivity contribution is 5.91. The molecule has 0 saturated carbocycles. The third kappa shape index (κ3) is 7.49. The number of carbonyl (C=O) groups excluding carboxylic acids is 2. The number of aliphatic hydroxyl groups excluding tert-OH is 1. The van der Waals surface area contributed by atoms with Crippen LogP contribution in [0.4, 0.5) is 15.5 Å². The zero-order chi connectivity index (χ0) is 28.3. The molecule has 3 heterocycles. The molecule has 1 fully saturated rings. The topological polar surface area (TPSA) is 146 Å². The predicted molar refractivity (Wildman–Crippen MR) is 140 cm³/mol. The number of nitrogens with zero attached hydrogens (tertiary/aromatic N) is 3. The molecule has 12 nitrogen and oxygen atoms in total. The van der Waals surface area contributed by atoms with E-state index < -0.39 is 35.7 Å². The molecule has 3 rings (SSSR count). The molecule has 0 radical (unpaired) electrons. The summed E-state index contributed by atoms with van der Waals surface area (Å²) < 4.78 is 23.9. The van der Waals surface area contributed by atoms with Gasteiger partial charge in [0.05, 0.1) is 36.8 Å².